The fraction of sp³-hybridized carbons (Fsp3) is 0.522. The van der Waals surface area contributed by atoms with Gasteiger partial charge in [0.15, 0.2) is 5.78 Å². The summed E-state index contributed by atoms with van der Waals surface area (Å²) in [6, 6.07) is 3.48. The Morgan fingerprint density at radius 3 is 1.89 bits per heavy atom. The molecule has 28 heavy (non-hydrogen) atoms. The predicted molar refractivity (Wildman–Crippen MR) is 111 cm³/mol. The molecule has 0 fully saturated rings. The average molecular weight is 389 g/mol. The molecule has 0 bridgehead atoms. The summed E-state index contributed by atoms with van der Waals surface area (Å²) in [6.07, 6.45) is 3.33. The number of aromatic hydroxyl groups is 1. The van der Waals surface area contributed by atoms with Crippen LogP contribution in [-0.4, -0.2) is 38.0 Å². The van der Waals surface area contributed by atoms with E-state index in [0.717, 1.165) is 0 Å². The van der Waals surface area contributed by atoms with Gasteiger partial charge in [-0.2, -0.15) is 0 Å². The van der Waals surface area contributed by atoms with Gasteiger partial charge >= 0.3 is 0 Å². The van der Waals surface area contributed by atoms with Crippen LogP contribution in [0.3, 0.4) is 0 Å². The van der Waals surface area contributed by atoms with Gasteiger partial charge in [0.2, 0.25) is 5.79 Å². The maximum absolute atomic E-state index is 13.4. The number of phenolic OH excluding ortho intramolecular Hbond substituents is 1. The van der Waals surface area contributed by atoms with E-state index in [2.05, 4.69) is 0 Å². The molecule has 1 aromatic carbocycles. The monoisotopic (exact) mass is 388 g/mol. The number of ketones is 1. The van der Waals surface area contributed by atoms with Gasteiger partial charge in [0, 0.05) is 36.5 Å². The number of hydrogen-bond donors (Lipinski definition) is 1. The van der Waals surface area contributed by atoms with Crippen LogP contribution in [0, 0.1) is 5.41 Å². The van der Waals surface area contributed by atoms with Crippen molar-refractivity contribution in [2.24, 2.45) is 5.41 Å². The first kappa shape index (κ1) is 22.2. The third-order valence-electron chi connectivity index (χ3n) is 5.04. The lowest BCUT2D eigenvalue weighted by molar-refractivity contribution is -0.137. The Morgan fingerprint density at radius 1 is 0.893 bits per heavy atom. The Bertz CT molecular complexity index is 828. The number of hydrogen-bond acceptors (Lipinski definition) is 5. The van der Waals surface area contributed by atoms with Crippen molar-refractivity contribution in [3.63, 3.8) is 0 Å². The van der Waals surface area contributed by atoms with E-state index in [1.165, 1.54) is 14.2 Å². The van der Waals surface area contributed by atoms with Crippen LogP contribution in [0.4, 0.5) is 0 Å². The molecule has 0 saturated carbocycles. The standard InChI is InChI=1S/C23H32O5/c1-21(2,3)17-11-14(26-7)10-15(19(17)24)16-12-23(27-8,28-9)13-18(20(16)25)22(4,5)6/h10-13,24H,1-9H3. The van der Waals surface area contributed by atoms with E-state index in [1.54, 1.807) is 31.4 Å². The second-order valence-corrected chi connectivity index (χ2v) is 9.15. The van der Waals surface area contributed by atoms with E-state index in [9.17, 15) is 9.90 Å². The van der Waals surface area contributed by atoms with Crippen molar-refractivity contribution in [2.45, 2.75) is 52.7 Å². The van der Waals surface area contributed by atoms with Gasteiger partial charge < -0.3 is 19.3 Å². The summed E-state index contributed by atoms with van der Waals surface area (Å²) in [5.74, 6) is -0.730. The molecule has 1 N–H and O–H groups in total. The van der Waals surface area contributed by atoms with Crippen LogP contribution in [0.25, 0.3) is 5.57 Å². The van der Waals surface area contributed by atoms with Crippen molar-refractivity contribution in [3.05, 3.63) is 41.0 Å². The Hall–Kier alpha value is -2.11. The third kappa shape index (κ3) is 4.01. The number of rotatable bonds is 4. The average Bonchev–Trinajstić information content (AvgIpc) is 2.61. The van der Waals surface area contributed by atoms with E-state index in [1.807, 2.05) is 41.5 Å². The maximum Gasteiger partial charge on any atom is 0.209 e. The summed E-state index contributed by atoms with van der Waals surface area (Å²) in [4.78, 5) is 13.4. The van der Waals surface area contributed by atoms with Crippen LogP contribution in [0.1, 0.15) is 52.7 Å². The molecule has 0 heterocycles. The summed E-state index contributed by atoms with van der Waals surface area (Å²) in [5.41, 5.74) is 1.23. The minimum absolute atomic E-state index is 0.0594. The first-order valence-corrected chi connectivity index (χ1v) is 9.32. The summed E-state index contributed by atoms with van der Waals surface area (Å²) in [5, 5.41) is 11.1. The fourth-order valence-corrected chi connectivity index (χ4v) is 3.30. The number of ether oxygens (including phenoxy) is 3. The molecule has 0 radical (unpaired) electrons. The molecule has 1 aromatic rings. The smallest absolute Gasteiger partial charge is 0.209 e. The van der Waals surface area contributed by atoms with Gasteiger partial charge in [0.1, 0.15) is 11.5 Å². The molecule has 0 amide bonds. The first-order valence-electron chi connectivity index (χ1n) is 9.32. The molecule has 0 aromatic heterocycles. The van der Waals surface area contributed by atoms with Gasteiger partial charge in [-0.15, -0.1) is 0 Å². The highest BCUT2D eigenvalue weighted by molar-refractivity contribution is 6.30. The zero-order valence-corrected chi connectivity index (χ0v) is 18.4. The zero-order valence-electron chi connectivity index (χ0n) is 18.4. The van der Waals surface area contributed by atoms with Crippen molar-refractivity contribution in [1.82, 2.24) is 0 Å². The lowest BCUT2D eigenvalue weighted by Crippen LogP contribution is -2.36. The summed E-state index contributed by atoms with van der Waals surface area (Å²) in [6.45, 7) is 11.9. The maximum atomic E-state index is 13.4. The Balaban J connectivity index is 2.82. The molecule has 2 rings (SSSR count). The number of phenols is 1. The van der Waals surface area contributed by atoms with Gasteiger partial charge in [0.05, 0.1) is 7.11 Å². The minimum atomic E-state index is -1.19. The van der Waals surface area contributed by atoms with E-state index >= 15 is 0 Å². The number of benzene rings is 1. The zero-order chi connectivity index (χ0) is 21.5. The van der Waals surface area contributed by atoms with Gasteiger partial charge in [-0.05, 0) is 35.1 Å². The molecular formula is C23H32O5. The Morgan fingerprint density at radius 2 is 1.46 bits per heavy atom. The third-order valence-corrected chi connectivity index (χ3v) is 5.04. The molecule has 0 atom stereocenters. The lowest BCUT2D eigenvalue weighted by atomic mass is 9.75. The van der Waals surface area contributed by atoms with Crippen LogP contribution >= 0.6 is 0 Å². The second kappa shape index (κ2) is 7.37. The largest absolute Gasteiger partial charge is 0.507 e. The SMILES string of the molecule is COc1cc(C2=CC(OC)(OC)C=C(C(C)(C)C)C2=O)c(O)c(C(C)(C)C)c1. The quantitative estimate of drug-likeness (QED) is 0.762. The molecule has 154 valence electrons. The van der Waals surface area contributed by atoms with Gasteiger partial charge in [-0.1, -0.05) is 41.5 Å². The topological polar surface area (TPSA) is 65.0 Å². The van der Waals surface area contributed by atoms with Gasteiger partial charge in [-0.3, -0.25) is 4.79 Å². The number of Topliss-reactive ketones (excluding diaryl/α,β-unsaturated/α-hetero) is 1. The van der Waals surface area contributed by atoms with Crippen molar-refractivity contribution in [1.29, 1.82) is 0 Å². The van der Waals surface area contributed by atoms with E-state index in [4.69, 9.17) is 14.2 Å². The van der Waals surface area contributed by atoms with Crippen LogP contribution in [0.15, 0.2) is 29.9 Å². The highest BCUT2D eigenvalue weighted by Gasteiger charge is 2.40. The summed E-state index contributed by atoms with van der Waals surface area (Å²) < 4.78 is 16.7. The molecular weight excluding hydrogens is 356 g/mol. The molecule has 0 unspecified atom stereocenters. The normalized spacial score (nSPS) is 17.2. The van der Waals surface area contributed by atoms with Crippen LogP contribution in [0.2, 0.25) is 0 Å². The first-order chi connectivity index (χ1) is 12.8. The molecule has 5 heteroatoms. The molecule has 5 nitrogen and oxygen atoms in total. The minimum Gasteiger partial charge on any atom is -0.507 e. The lowest BCUT2D eigenvalue weighted by Gasteiger charge is -2.34. The van der Waals surface area contributed by atoms with Crippen LogP contribution in [-0.2, 0) is 19.7 Å². The Labute approximate surface area is 168 Å². The molecule has 1 aliphatic carbocycles. The van der Waals surface area contributed by atoms with Crippen molar-refractivity contribution in [2.75, 3.05) is 21.3 Å². The molecule has 0 aliphatic heterocycles. The predicted octanol–water partition coefficient (Wildman–Crippen LogP) is 4.63. The van der Waals surface area contributed by atoms with E-state index in [-0.39, 0.29) is 16.9 Å². The Kier molecular flexibility index (Phi) is 5.84. The fourth-order valence-electron chi connectivity index (χ4n) is 3.30. The van der Waals surface area contributed by atoms with Crippen LogP contribution in [0.5, 0.6) is 11.5 Å². The van der Waals surface area contributed by atoms with Gasteiger partial charge in [0.25, 0.3) is 0 Å². The van der Waals surface area contributed by atoms with E-state index in [0.29, 0.717) is 28.0 Å². The number of carbonyl (C=O) groups is 1. The number of carbonyl (C=O) groups excluding carboxylic acids is 1. The van der Waals surface area contributed by atoms with Crippen molar-refractivity contribution >= 4 is 11.4 Å². The van der Waals surface area contributed by atoms with E-state index < -0.39 is 11.2 Å². The molecule has 1 aliphatic rings. The van der Waals surface area contributed by atoms with Crippen molar-refractivity contribution < 1.29 is 24.1 Å². The molecule has 0 saturated heterocycles. The second-order valence-electron chi connectivity index (χ2n) is 9.15. The number of allylic oxidation sites excluding steroid dienone is 2. The summed E-state index contributed by atoms with van der Waals surface area (Å²) in [7, 11) is 4.61. The summed E-state index contributed by atoms with van der Waals surface area (Å²) >= 11 is 0. The van der Waals surface area contributed by atoms with Crippen LogP contribution < -0.4 is 4.74 Å². The number of methoxy groups -OCH3 is 3. The highest BCUT2D eigenvalue weighted by atomic mass is 16.7. The van der Waals surface area contributed by atoms with Crippen molar-refractivity contribution in [3.8, 4) is 11.5 Å². The highest BCUT2D eigenvalue weighted by Crippen LogP contribution is 2.44. The molecule has 0 spiro atoms. The van der Waals surface area contributed by atoms with Gasteiger partial charge in [-0.25, -0.2) is 0 Å².